The number of nitrogens with one attached hydrogen (secondary N) is 2. The zero-order valence-electron chi connectivity index (χ0n) is 15.3. The number of anilines is 2. The lowest BCUT2D eigenvalue weighted by Crippen LogP contribution is -2.26. The van der Waals surface area contributed by atoms with Gasteiger partial charge in [0.1, 0.15) is 5.01 Å². The summed E-state index contributed by atoms with van der Waals surface area (Å²) in [4.78, 5) is 7.35. The number of benzene rings is 2. The molecule has 0 bridgehead atoms. The summed E-state index contributed by atoms with van der Waals surface area (Å²) in [6.07, 6.45) is 0. The lowest BCUT2D eigenvalue weighted by molar-refractivity contribution is 0.379. The van der Waals surface area contributed by atoms with Gasteiger partial charge in [-0.2, -0.15) is 0 Å². The average Bonchev–Trinajstić information content (AvgIpc) is 3.07. The number of aromatic nitrogens is 1. The van der Waals surface area contributed by atoms with E-state index >= 15 is 0 Å². The summed E-state index contributed by atoms with van der Waals surface area (Å²) < 4.78 is 0. The largest absolute Gasteiger partial charge is 0.354 e. The van der Waals surface area contributed by atoms with Gasteiger partial charge < -0.3 is 10.6 Å². The summed E-state index contributed by atoms with van der Waals surface area (Å²) in [6.45, 7) is 8.53. The summed E-state index contributed by atoms with van der Waals surface area (Å²) >= 11 is 3.54. The van der Waals surface area contributed by atoms with Gasteiger partial charge in [0.05, 0.1) is 17.1 Å². The van der Waals surface area contributed by atoms with E-state index in [1.807, 2.05) is 11.8 Å². The monoisotopic (exact) mass is 381 g/mol. The molecule has 4 rings (SSSR count). The van der Waals surface area contributed by atoms with E-state index in [2.05, 4.69) is 79.2 Å². The Kier molecular flexibility index (Phi) is 4.78. The van der Waals surface area contributed by atoms with Gasteiger partial charge in [0.2, 0.25) is 0 Å². The Morgan fingerprint density at radius 3 is 2.69 bits per heavy atom. The number of para-hydroxylation sites is 1. The minimum atomic E-state index is 0.290. The molecule has 0 fully saturated rings. The summed E-state index contributed by atoms with van der Waals surface area (Å²) in [6, 6.07) is 15.0. The van der Waals surface area contributed by atoms with Gasteiger partial charge in [0.25, 0.3) is 0 Å². The maximum absolute atomic E-state index is 4.81. The van der Waals surface area contributed by atoms with Gasteiger partial charge in [0, 0.05) is 33.8 Å². The van der Waals surface area contributed by atoms with Crippen LogP contribution in [0.25, 0.3) is 11.3 Å². The third-order valence-corrected chi connectivity index (χ3v) is 6.14. The molecular formula is C21H23N3S2. The van der Waals surface area contributed by atoms with Crippen LogP contribution in [-0.2, 0) is 6.54 Å². The second-order valence-electron chi connectivity index (χ2n) is 7.72. The number of nitrogens with zero attached hydrogens (tertiary/aromatic N) is 1. The Morgan fingerprint density at radius 1 is 1.04 bits per heavy atom. The predicted octanol–water partition coefficient (Wildman–Crippen LogP) is 6.15. The maximum atomic E-state index is 4.81. The van der Waals surface area contributed by atoms with Gasteiger partial charge in [-0.15, -0.1) is 11.3 Å². The van der Waals surface area contributed by atoms with Crippen molar-refractivity contribution in [2.24, 2.45) is 5.41 Å². The number of fused-ring (bicyclic) bond motifs is 2. The van der Waals surface area contributed by atoms with Crippen LogP contribution < -0.4 is 10.6 Å². The number of thiazole rings is 1. The Morgan fingerprint density at radius 2 is 1.85 bits per heavy atom. The van der Waals surface area contributed by atoms with Crippen LogP contribution in [0.1, 0.15) is 25.8 Å². The Bertz CT molecular complexity index is 925. The van der Waals surface area contributed by atoms with Gasteiger partial charge in [-0.05, 0) is 29.7 Å². The summed E-state index contributed by atoms with van der Waals surface area (Å²) in [5.41, 5.74) is 4.84. The molecule has 0 aliphatic carbocycles. The molecule has 0 spiro atoms. The molecule has 26 heavy (non-hydrogen) atoms. The van der Waals surface area contributed by atoms with Crippen molar-refractivity contribution in [1.29, 1.82) is 0 Å². The van der Waals surface area contributed by atoms with E-state index in [0.29, 0.717) is 0 Å². The van der Waals surface area contributed by atoms with Gasteiger partial charge in [-0.1, -0.05) is 50.7 Å². The second kappa shape index (κ2) is 7.06. The lowest BCUT2D eigenvalue weighted by atomic mass is 9.97. The van der Waals surface area contributed by atoms with Crippen molar-refractivity contribution in [3.8, 4) is 11.3 Å². The first kappa shape index (κ1) is 17.6. The molecule has 0 saturated carbocycles. The zero-order valence-corrected chi connectivity index (χ0v) is 16.9. The van der Waals surface area contributed by atoms with E-state index in [-0.39, 0.29) is 5.41 Å². The zero-order chi connectivity index (χ0) is 18.1. The number of rotatable bonds is 4. The molecule has 0 unspecified atom stereocenters. The van der Waals surface area contributed by atoms with Crippen LogP contribution in [-0.4, -0.2) is 11.5 Å². The predicted molar refractivity (Wildman–Crippen MR) is 113 cm³/mol. The van der Waals surface area contributed by atoms with E-state index < -0.39 is 0 Å². The second-order valence-corrected chi connectivity index (χ2v) is 9.75. The van der Waals surface area contributed by atoms with E-state index in [4.69, 9.17) is 4.98 Å². The molecule has 0 atom stereocenters. The van der Waals surface area contributed by atoms with Crippen molar-refractivity contribution < 1.29 is 0 Å². The first-order valence-corrected chi connectivity index (χ1v) is 10.5. The van der Waals surface area contributed by atoms with Crippen molar-refractivity contribution in [3.63, 3.8) is 0 Å². The first-order chi connectivity index (χ1) is 12.5. The molecule has 1 aliphatic rings. The standard InChI is InChI=1S/C21H23N3S2/c1-21(2,3)13-22-11-20-24-17(12-25-20)14-8-9-19-16(10-14)23-15-6-4-5-7-18(15)26-19/h4-10,12,22-23H,11,13H2,1-3H3. The van der Waals surface area contributed by atoms with Crippen LogP contribution in [0.3, 0.4) is 0 Å². The molecular weight excluding hydrogens is 358 g/mol. The summed E-state index contributed by atoms with van der Waals surface area (Å²) in [5, 5.41) is 10.3. The fraction of sp³-hybridized carbons (Fsp3) is 0.286. The molecule has 0 amide bonds. The first-order valence-electron chi connectivity index (χ1n) is 8.81. The fourth-order valence-electron chi connectivity index (χ4n) is 2.87. The van der Waals surface area contributed by atoms with E-state index in [0.717, 1.165) is 35.0 Å². The Balaban J connectivity index is 1.50. The van der Waals surface area contributed by atoms with Crippen molar-refractivity contribution >= 4 is 34.5 Å². The van der Waals surface area contributed by atoms with Gasteiger partial charge in [0.15, 0.2) is 0 Å². The Labute approximate surface area is 163 Å². The van der Waals surface area contributed by atoms with Gasteiger partial charge >= 0.3 is 0 Å². The van der Waals surface area contributed by atoms with E-state index in [1.54, 1.807) is 11.3 Å². The molecule has 3 aromatic rings. The minimum Gasteiger partial charge on any atom is -0.354 e. The molecule has 2 heterocycles. The quantitative estimate of drug-likeness (QED) is 0.444. The summed E-state index contributed by atoms with van der Waals surface area (Å²) in [5.74, 6) is 0. The molecule has 2 N–H and O–H groups in total. The van der Waals surface area contributed by atoms with Crippen LogP contribution in [0.5, 0.6) is 0 Å². The topological polar surface area (TPSA) is 37.0 Å². The Hall–Kier alpha value is -1.82. The molecule has 3 nitrogen and oxygen atoms in total. The lowest BCUT2D eigenvalue weighted by Gasteiger charge is -2.21. The van der Waals surface area contributed by atoms with Crippen LogP contribution in [0.2, 0.25) is 0 Å². The van der Waals surface area contributed by atoms with E-state index in [1.165, 1.54) is 15.5 Å². The third-order valence-electron chi connectivity index (χ3n) is 4.13. The van der Waals surface area contributed by atoms with Gasteiger partial charge in [-0.25, -0.2) is 4.98 Å². The average molecular weight is 382 g/mol. The van der Waals surface area contributed by atoms with E-state index in [9.17, 15) is 0 Å². The smallest absolute Gasteiger partial charge is 0.107 e. The number of hydrogen-bond acceptors (Lipinski definition) is 5. The van der Waals surface area contributed by atoms with Crippen molar-refractivity contribution in [2.75, 3.05) is 11.9 Å². The highest BCUT2D eigenvalue weighted by Gasteiger charge is 2.16. The number of hydrogen-bond donors (Lipinski definition) is 2. The highest BCUT2D eigenvalue weighted by molar-refractivity contribution is 7.99. The molecule has 1 aliphatic heterocycles. The highest BCUT2D eigenvalue weighted by Crippen LogP contribution is 2.45. The third kappa shape index (κ3) is 3.95. The SMILES string of the molecule is CC(C)(C)CNCc1nc(-c2ccc3c(c2)Nc2ccccc2S3)cs1. The minimum absolute atomic E-state index is 0.290. The fourth-order valence-corrected chi connectivity index (χ4v) is 4.61. The molecule has 134 valence electrons. The van der Waals surface area contributed by atoms with Crippen LogP contribution in [0.4, 0.5) is 11.4 Å². The molecule has 0 saturated heterocycles. The van der Waals surface area contributed by atoms with Crippen LogP contribution in [0, 0.1) is 5.41 Å². The molecule has 5 heteroatoms. The molecule has 0 radical (unpaired) electrons. The normalized spacial score (nSPS) is 13.0. The highest BCUT2D eigenvalue weighted by atomic mass is 32.2. The van der Waals surface area contributed by atoms with Crippen LogP contribution in [0.15, 0.2) is 57.6 Å². The molecule has 1 aromatic heterocycles. The van der Waals surface area contributed by atoms with Crippen molar-refractivity contribution in [3.05, 3.63) is 52.9 Å². The van der Waals surface area contributed by atoms with Crippen LogP contribution >= 0.6 is 23.1 Å². The van der Waals surface area contributed by atoms with Crippen molar-refractivity contribution in [1.82, 2.24) is 10.3 Å². The summed E-state index contributed by atoms with van der Waals surface area (Å²) in [7, 11) is 0. The van der Waals surface area contributed by atoms with Crippen molar-refractivity contribution in [2.45, 2.75) is 37.1 Å². The molecule has 2 aromatic carbocycles. The maximum Gasteiger partial charge on any atom is 0.107 e. The van der Waals surface area contributed by atoms with Gasteiger partial charge in [-0.3, -0.25) is 0 Å².